The van der Waals surface area contributed by atoms with Gasteiger partial charge in [-0.05, 0) is 47.5 Å². The molecule has 1 aliphatic carbocycles. The zero-order chi connectivity index (χ0) is 18.5. The third-order valence-corrected chi connectivity index (χ3v) is 4.42. The van der Waals surface area contributed by atoms with Crippen molar-refractivity contribution in [2.75, 3.05) is 6.54 Å². The number of nitrogens with two attached hydrogens (primary N) is 1. The summed E-state index contributed by atoms with van der Waals surface area (Å²) >= 11 is 0. The highest BCUT2D eigenvalue weighted by molar-refractivity contribution is 5.88. The van der Waals surface area contributed by atoms with E-state index >= 15 is 0 Å². The van der Waals surface area contributed by atoms with E-state index < -0.39 is 5.91 Å². The van der Waals surface area contributed by atoms with Gasteiger partial charge in [0.2, 0.25) is 17.7 Å². The van der Waals surface area contributed by atoms with Crippen molar-refractivity contribution in [1.29, 1.82) is 0 Å². The van der Waals surface area contributed by atoms with Crippen molar-refractivity contribution >= 4 is 17.7 Å². The summed E-state index contributed by atoms with van der Waals surface area (Å²) < 4.78 is 0. The maximum absolute atomic E-state index is 13.0. The highest BCUT2D eigenvalue weighted by atomic mass is 16.2. The first-order valence-electron chi connectivity index (χ1n) is 8.93. The molecule has 3 amide bonds. The van der Waals surface area contributed by atoms with Gasteiger partial charge in [-0.3, -0.25) is 14.4 Å². The Morgan fingerprint density at radius 3 is 2.12 bits per heavy atom. The molecule has 1 aliphatic rings. The number of rotatable bonds is 6. The van der Waals surface area contributed by atoms with Gasteiger partial charge in [0.1, 0.15) is 0 Å². The van der Waals surface area contributed by atoms with Crippen LogP contribution in [0.5, 0.6) is 0 Å². The van der Waals surface area contributed by atoms with Gasteiger partial charge in [0.15, 0.2) is 0 Å². The van der Waals surface area contributed by atoms with Gasteiger partial charge in [-0.15, -0.1) is 0 Å². The van der Waals surface area contributed by atoms with E-state index in [2.05, 4.69) is 5.32 Å². The van der Waals surface area contributed by atoms with E-state index in [1.54, 1.807) is 4.90 Å². The average molecular weight is 339 g/mol. The standard InChI is InChI=1S/C18H33N3O3/c1-12(2)21(11-10-15(19)22)17(24)14-9-7-6-8-13(14)16(23)20-18(3,4)5/h12-14H,6-11H2,1-5H3,(H2,19,22)(H,20,23)/t13-,14+/m1/s1. The first-order valence-corrected chi connectivity index (χ1v) is 8.93. The Morgan fingerprint density at radius 2 is 1.67 bits per heavy atom. The molecule has 0 bridgehead atoms. The van der Waals surface area contributed by atoms with Crippen LogP contribution in [0.25, 0.3) is 0 Å². The van der Waals surface area contributed by atoms with Gasteiger partial charge in [0, 0.05) is 36.4 Å². The van der Waals surface area contributed by atoms with Crippen molar-refractivity contribution in [2.24, 2.45) is 17.6 Å². The van der Waals surface area contributed by atoms with E-state index in [4.69, 9.17) is 5.73 Å². The first kappa shape index (κ1) is 20.5. The first-order chi connectivity index (χ1) is 11.0. The zero-order valence-corrected chi connectivity index (χ0v) is 15.7. The second-order valence-electron chi connectivity index (χ2n) is 8.08. The van der Waals surface area contributed by atoms with Crippen molar-refractivity contribution in [3.05, 3.63) is 0 Å². The number of primary amides is 1. The van der Waals surface area contributed by atoms with E-state index in [-0.39, 0.29) is 41.7 Å². The smallest absolute Gasteiger partial charge is 0.226 e. The Labute approximate surface area is 145 Å². The summed E-state index contributed by atoms with van der Waals surface area (Å²) in [6.45, 7) is 9.99. The van der Waals surface area contributed by atoms with E-state index in [1.165, 1.54) is 0 Å². The fourth-order valence-corrected chi connectivity index (χ4v) is 3.27. The molecule has 0 saturated heterocycles. The number of hydrogen-bond acceptors (Lipinski definition) is 3. The molecule has 0 unspecified atom stereocenters. The lowest BCUT2D eigenvalue weighted by Gasteiger charge is -2.37. The molecule has 138 valence electrons. The Kier molecular flexibility index (Phi) is 7.24. The van der Waals surface area contributed by atoms with Gasteiger partial charge >= 0.3 is 0 Å². The molecule has 0 aromatic heterocycles. The number of nitrogens with zero attached hydrogens (tertiary/aromatic N) is 1. The number of carbonyl (C=O) groups excluding carboxylic acids is 3. The molecule has 1 saturated carbocycles. The molecule has 3 N–H and O–H groups in total. The number of nitrogens with one attached hydrogen (secondary N) is 1. The highest BCUT2D eigenvalue weighted by Crippen LogP contribution is 2.32. The number of hydrogen-bond donors (Lipinski definition) is 2. The highest BCUT2D eigenvalue weighted by Gasteiger charge is 2.39. The van der Waals surface area contributed by atoms with Gasteiger partial charge in [-0.2, -0.15) is 0 Å². The lowest BCUT2D eigenvalue weighted by molar-refractivity contribution is -0.145. The Hall–Kier alpha value is -1.59. The summed E-state index contributed by atoms with van der Waals surface area (Å²) in [6.07, 6.45) is 3.53. The summed E-state index contributed by atoms with van der Waals surface area (Å²) in [7, 11) is 0. The van der Waals surface area contributed by atoms with Crippen LogP contribution in [0.15, 0.2) is 0 Å². The minimum atomic E-state index is -0.417. The minimum Gasteiger partial charge on any atom is -0.370 e. The molecule has 24 heavy (non-hydrogen) atoms. The quantitative estimate of drug-likeness (QED) is 0.773. The molecule has 2 atom stereocenters. The van der Waals surface area contributed by atoms with Crippen LogP contribution in [0.4, 0.5) is 0 Å². The molecule has 6 nitrogen and oxygen atoms in total. The molecule has 0 aliphatic heterocycles. The Bertz CT molecular complexity index is 469. The van der Waals surface area contributed by atoms with Gasteiger partial charge in [0.05, 0.1) is 0 Å². The lowest BCUT2D eigenvalue weighted by Crippen LogP contribution is -2.51. The van der Waals surface area contributed by atoms with Crippen LogP contribution in [-0.4, -0.2) is 40.7 Å². The molecule has 0 radical (unpaired) electrons. The van der Waals surface area contributed by atoms with E-state index in [0.29, 0.717) is 6.54 Å². The van der Waals surface area contributed by atoms with Crippen molar-refractivity contribution < 1.29 is 14.4 Å². The fourth-order valence-electron chi connectivity index (χ4n) is 3.27. The van der Waals surface area contributed by atoms with E-state index in [9.17, 15) is 14.4 Å². The molecule has 0 aromatic carbocycles. The summed E-state index contributed by atoms with van der Waals surface area (Å²) in [4.78, 5) is 38.4. The van der Waals surface area contributed by atoms with Crippen molar-refractivity contribution in [3.63, 3.8) is 0 Å². The Morgan fingerprint density at radius 1 is 1.12 bits per heavy atom. The SMILES string of the molecule is CC(C)N(CCC(N)=O)C(=O)[C@H]1CCCC[C@H]1C(=O)NC(C)(C)C. The topological polar surface area (TPSA) is 92.5 Å². The zero-order valence-electron chi connectivity index (χ0n) is 15.7. The maximum Gasteiger partial charge on any atom is 0.226 e. The van der Waals surface area contributed by atoms with Gasteiger partial charge < -0.3 is 16.0 Å². The number of carbonyl (C=O) groups is 3. The van der Waals surface area contributed by atoms with Crippen molar-refractivity contribution in [2.45, 2.75) is 78.3 Å². The summed E-state index contributed by atoms with van der Waals surface area (Å²) in [5.41, 5.74) is 4.91. The third-order valence-electron chi connectivity index (χ3n) is 4.42. The van der Waals surface area contributed by atoms with Crippen LogP contribution in [0, 0.1) is 11.8 Å². The van der Waals surface area contributed by atoms with Crippen molar-refractivity contribution in [1.82, 2.24) is 10.2 Å². The van der Waals surface area contributed by atoms with Gasteiger partial charge in [0.25, 0.3) is 0 Å². The van der Waals surface area contributed by atoms with E-state index in [0.717, 1.165) is 25.7 Å². The molecule has 1 fully saturated rings. The lowest BCUT2D eigenvalue weighted by atomic mass is 9.77. The maximum atomic E-state index is 13.0. The molecule has 1 rings (SSSR count). The van der Waals surface area contributed by atoms with E-state index in [1.807, 2.05) is 34.6 Å². The van der Waals surface area contributed by atoms with Crippen LogP contribution >= 0.6 is 0 Å². The largest absolute Gasteiger partial charge is 0.370 e. The predicted octanol–water partition coefficient (Wildman–Crippen LogP) is 1.82. The van der Waals surface area contributed by atoms with Gasteiger partial charge in [-0.25, -0.2) is 0 Å². The molecule has 0 aromatic rings. The molecule has 0 spiro atoms. The second-order valence-corrected chi connectivity index (χ2v) is 8.08. The van der Waals surface area contributed by atoms with Crippen LogP contribution in [-0.2, 0) is 14.4 Å². The third kappa shape index (κ3) is 6.13. The summed E-state index contributed by atoms with van der Waals surface area (Å²) in [6, 6.07) is -0.0231. The Balaban J connectivity index is 2.89. The molecule has 0 heterocycles. The normalized spacial score (nSPS) is 21.4. The summed E-state index contributed by atoms with van der Waals surface area (Å²) in [5, 5.41) is 3.01. The van der Waals surface area contributed by atoms with Crippen LogP contribution in [0.3, 0.4) is 0 Å². The van der Waals surface area contributed by atoms with Gasteiger partial charge in [-0.1, -0.05) is 12.8 Å². The summed E-state index contributed by atoms with van der Waals surface area (Å²) in [5.74, 6) is -1.09. The van der Waals surface area contributed by atoms with Crippen LogP contribution < -0.4 is 11.1 Å². The predicted molar refractivity (Wildman–Crippen MR) is 94.0 cm³/mol. The average Bonchev–Trinajstić information content (AvgIpc) is 2.44. The molecular weight excluding hydrogens is 306 g/mol. The minimum absolute atomic E-state index is 0.0231. The molecular formula is C18H33N3O3. The fraction of sp³-hybridized carbons (Fsp3) is 0.833. The molecule has 6 heteroatoms. The van der Waals surface area contributed by atoms with Crippen LogP contribution in [0.1, 0.15) is 66.7 Å². The van der Waals surface area contributed by atoms with Crippen LogP contribution in [0.2, 0.25) is 0 Å². The van der Waals surface area contributed by atoms with Crippen molar-refractivity contribution in [3.8, 4) is 0 Å². The monoisotopic (exact) mass is 339 g/mol. The second kappa shape index (κ2) is 8.49. The number of amides is 3.